The van der Waals surface area contributed by atoms with Gasteiger partial charge < -0.3 is 9.84 Å². The number of benzene rings is 3. The Morgan fingerprint density at radius 3 is 2.23 bits per heavy atom. The van der Waals surface area contributed by atoms with Crippen LogP contribution in [0.1, 0.15) is 16.8 Å². The fraction of sp³-hybridized carbons (Fsp3) is 0.0909. The summed E-state index contributed by atoms with van der Waals surface area (Å²) in [6, 6.07) is 22.1. The van der Waals surface area contributed by atoms with Crippen molar-refractivity contribution in [2.75, 3.05) is 7.11 Å². The topological polar surface area (TPSA) is 29.5 Å². The first-order chi connectivity index (χ1) is 12.7. The van der Waals surface area contributed by atoms with Crippen molar-refractivity contribution in [3.63, 3.8) is 0 Å². The first-order valence-corrected chi connectivity index (χ1v) is 10.4. The molecule has 0 fully saturated rings. The highest BCUT2D eigenvalue weighted by Crippen LogP contribution is 2.45. The second kappa shape index (κ2) is 8.32. The largest absolute Gasteiger partial charge is 0.507 e. The Hall–Kier alpha value is -2.40. The van der Waals surface area contributed by atoms with Crippen LogP contribution in [0.5, 0.6) is 11.5 Å². The number of rotatable bonds is 6. The van der Waals surface area contributed by atoms with Crippen LogP contribution >= 0.6 is 16.4 Å². The van der Waals surface area contributed by atoms with Crippen LogP contribution in [0.25, 0.3) is 11.1 Å². The van der Waals surface area contributed by atoms with Gasteiger partial charge in [-0.1, -0.05) is 89.7 Å². The van der Waals surface area contributed by atoms with Crippen molar-refractivity contribution in [3.8, 4) is 22.6 Å². The van der Waals surface area contributed by atoms with Gasteiger partial charge in [-0.15, -0.1) is 0 Å². The zero-order valence-corrected chi connectivity index (χ0v) is 16.4. The molecule has 1 atom stereocenters. The molecule has 0 aromatic heterocycles. The van der Waals surface area contributed by atoms with Crippen LogP contribution in [-0.2, 0) is 0 Å². The van der Waals surface area contributed by atoms with Gasteiger partial charge in [-0.05, 0) is 11.6 Å². The Kier molecular flexibility index (Phi) is 5.89. The third-order valence-corrected chi connectivity index (χ3v) is 5.95. The maximum Gasteiger partial charge on any atom is 0.131 e. The molecule has 0 amide bonds. The Morgan fingerprint density at radius 2 is 1.58 bits per heavy atom. The second-order valence-electron chi connectivity index (χ2n) is 5.75. The van der Waals surface area contributed by atoms with Gasteiger partial charge in [-0.3, -0.25) is 0 Å². The van der Waals surface area contributed by atoms with Gasteiger partial charge in [0.05, 0.1) is 12.8 Å². The lowest BCUT2D eigenvalue weighted by atomic mass is 9.96. The van der Waals surface area contributed by atoms with Crippen LogP contribution in [-0.4, -0.2) is 24.8 Å². The van der Waals surface area contributed by atoms with E-state index in [9.17, 15) is 5.11 Å². The van der Waals surface area contributed by atoms with Gasteiger partial charge >= 0.3 is 0 Å². The summed E-state index contributed by atoms with van der Waals surface area (Å²) in [6.45, 7) is 0. The van der Waals surface area contributed by atoms with Crippen molar-refractivity contribution in [2.24, 2.45) is 0 Å². The summed E-state index contributed by atoms with van der Waals surface area (Å²) in [5, 5.41) is 11.5. The van der Waals surface area contributed by atoms with Crippen molar-refractivity contribution in [3.05, 3.63) is 77.9 Å². The van der Waals surface area contributed by atoms with Crippen LogP contribution in [0.4, 0.5) is 0 Å². The quantitative estimate of drug-likeness (QED) is 0.571. The molecule has 1 N–H and O–H groups in total. The summed E-state index contributed by atoms with van der Waals surface area (Å²) in [5.74, 6) is 1.11. The molecule has 3 rings (SSSR count). The second-order valence-corrected chi connectivity index (χ2v) is 7.43. The molecular weight excluding hydrogens is 358 g/mol. The van der Waals surface area contributed by atoms with Gasteiger partial charge in [-0.2, -0.15) is 0 Å². The maximum absolute atomic E-state index is 10.7. The Balaban J connectivity index is 2.19. The van der Waals surface area contributed by atoms with Crippen molar-refractivity contribution in [1.29, 1.82) is 0 Å². The highest BCUT2D eigenvalue weighted by molar-refractivity contribution is 7.45. The Bertz CT molecular complexity index is 936. The normalized spacial score (nSPS) is 12.2. The average Bonchev–Trinajstić information content (AvgIpc) is 2.70. The molecule has 26 heavy (non-hydrogen) atoms. The standard InChI is InChI=1S/C22H20O2P2/c1-24-21-16(15-9-5-4-6-10-15)11-7-13-18(21)22(26-3)17-12-8-14-19(25-2)20(17)23/h4-14,22-23H,2-3H2,1H3. The van der Waals surface area contributed by atoms with Crippen molar-refractivity contribution in [1.82, 2.24) is 0 Å². The summed E-state index contributed by atoms with van der Waals surface area (Å²) in [4.78, 5) is 0. The van der Waals surface area contributed by atoms with Gasteiger partial charge in [0.2, 0.25) is 0 Å². The molecule has 1 unspecified atom stereocenters. The number of ether oxygens (including phenoxy) is 1. The van der Waals surface area contributed by atoms with Gasteiger partial charge in [0.15, 0.2) is 0 Å². The van der Waals surface area contributed by atoms with Gasteiger partial charge in [-0.25, -0.2) is 0 Å². The fourth-order valence-corrected chi connectivity index (χ4v) is 4.38. The smallest absolute Gasteiger partial charge is 0.131 e. The first kappa shape index (κ1) is 18.4. The van der Waals surface area contributed by atoms with E-state index in [1.165, 1.54) is 0 Å². The summed E-state index contributed by atoms with van der Waals surface area (Å²) < 4.78 is 5.80. The molecule has 0 spiro atoms. The van der Waals surface area contributed by atoms with E-state index in [1.807, 2.05) is 48.5 Å². The summed E-state index contributed by atoms with van der Waals surface area (Å²) >= 11 is 0. The van der Waals surface area contributed by atoms with Gasteiger partial charge in [0, 0.05) is 22.0 Å². The van der Waals surface area contributed by atoms with E-state index in [1.54, 1.807) is 7.11 Å². The monoisotopic (exact) mass is 378 g/mol. The minimum atomic E-state index is -0.0877. The van der Waals surface area contributed by atoms with Crippen LogP contribution in [0.15, 0.2) is 66.7 Å². The minimum absolute atomic E-state index is 0.0877. The molecule has 0 heterocycles. The molecule has 4 heteroatoms. The first-order valence-electron chi connectivity index (χ1n) is 8.18. The number of aromatic hydroxyl groups is 1. The van der Waals surface area contributed by atoms with E-state index < -0.39 is 0 Å². The molecule has 0 saturated carbocycles. The highest BCUT2D eigenvalue weighted by Gasteiger charge is 2.22. The molecule has 0 aliphatic carbocycles. The molecule has 0 saturated heterocycles. The van der Waals surface area contributed by atoms with E-state index in [2.05, 4.69) is 30.8 Å². The molecule has 0 aliphatic heterocycles. The van der Waals surface area contributed by atoms with Crippen LogP contribution in [0.3, 0.4) is 0 Å². The number of hydrogen-bond donors (Lipinski definition) is 1. The van der Waals surface area contributed by atoms with E-state index in [0.29, 0.717) is 0 Å². The maximum atomic E-state index is 10.7. The fourth-order valence-electron chi connectivity index (χ4n) is 3.10. The van der Waals surface area contributed by atoms with E-state index >= 15 is 0 Å². The predicted octanol–water partition coefficient (Wildman–Crippen LogP) is 5.54. The van der Waals surface area contributed by atoms with Crippen molar-refractivity contribution >= 4 is 34.3 Å². The van der Waals surface area contributed by atoms with Gasteiger partial charge in [0.25, 0.3) is 0 Å². The van der Waals surface area contributed by atoms with Gasteiger partial charge in [0.1, 0.15) is 11.5 Å². The van der Waals surface area contributed by atoms with Crippen molar-refractivity contribution in [2.45, 2.75) is 5.66 Å². The number of phenols is 1. The lowest BCUT2D eigenvalue weighted by Gasteiger charge is -2.20. The lowest BCUT2D eigenvalue weighted by molar-refractivity contribution is 0.411. The lowest BCUT2D eigenvalue weighted by Crippen LogP contribution is -2.03. The van der Waals surface area contributed by atoms with Crippen molar-refractivity contribution < 1.29 is 9.84 Å². The SMILES string of the molecule is C=Pc1cccc(C(P=C)c2cccc(-c3ccccc3)c2OC)c1O. The summed E-state index contributed by atoms with van der Waals surface area (Å²) in [5.41, 5.74) is 3.90. The molecule has 0 aliphatic rings. The van der Waals surface area contributed by atoms with Crippen LogP contribution in [0.2, 0.25) is 0 Å². The number of para-hydroxylation sites is 2. The van der Waals surface area contributed by atoms with E-state index in [4.69, 9.17) is 4.74 Å². The third-order valence-electron chi connectivity index (χ3n) is 4.32. The van der Waals surface area contributed by atoms with E-state index in [-0.39, 0.29) is 11.4 Å². The molecule has 3 aromatic rings. The number of methoxy groups -OCH3 is 1. The molecule has 2 nitrogen and oxygen atoms in total. The Labute approximate surface area is 157 Å². The van der Waals surface area contributed by atoms with E-state index in [0.717, 1.165) is 49.7 Å². The molecule has 130 valence electrons. The highest BCUT2D eigenvalue weighted by atomic mass is 31.1. The summed E-state index contributed by atoms with van der Waals surface area (Å²) in [6.07, 6.45) is 7.97. The molecular formula is C22H20O2P2. The van der Waals surface area contributed by atoms with Crippen LogP contribution < -0.4 is 10.0 Å². The third kappa shape index (κ3) is 3.44. The molecule has 0 bridgehead atoms. The molecule has 3 aromatic carbocycles. The zero-order chi connectivity index (χ0) is 18.5. The summed E-state index contributed by atoms with van der Waals surface area (Å²) in [7, 11) is 3.36. The predicted molar refractivity (Wildman–Crippen MR) is 116 cm³/mol. The number of hydrogen-bond acceptors (Lipinski definition) is 2. The Morgan fingerprint density at radius 1 is 0.885 bits per heavy atom. The van der Waals surface area contributed by atoms with Crippen LogP contribution in [0, 0.1) is 0 Å². The zero-order valence-electron chi connectivity index (χ0n) is 14.6. The minimum Gasteiger partial charge on any atom is -0.507 e. The average molecular weight is 378 g/mol. The molecule has 0 radical (unpaired) electrons. The number of phenolic OH excluding ortho intramolecular Hbond substituents is 1.